The largest absolute Gasteiger partial charge is 0.497 e. The number of amides is 3. The number of hydrogen-bond donors (Lipinski definition) is 1. The normalized spacial score (nSPS) is 17.4. The summed E-state index contributed by atoms with van der Waals surface area (Å²) in [4.78, 5) is 41.1. The van der Waals surface area contributed by atoms with Crippen molar-refractivity contribution in [3.63, 3.8) is 0 Å². The molecular formula is C27H33N3O6S. The van der Waals surface area contributed by atoms with E-state index in [0.29, 0.717) is 12.2 Å². The number of ether oxygens (including phenoxy) is 1. The standard InChI is InChI=1S/C27H33N3O6S/c1-3-23(26(32)28-20-10-4-5-11-20)29(18-19-9-8-12-21(17-19)36-2)25(31)15-16-30-27(33)22-13-6-7-14-24(22)37(30,34)35/h6-9,12-14,17,20,23H,3-5,10-11,15-16,18H2,1-2H3,(H,28,32). The van der Waals surface area contributed by atoms with Crippen LogP contribution in [0.15, 0.2) is 53.4 Å². The maximum Gasteiger partial charge on any atom is 0.269 e. The maximum absolute atomic E-state index is 13.6. The first kappa shape index (κ1) is 26.7. The average molecular weight is 528 g/mol. The van der Waals surface area contributed by atoms with Crippen LogP contribution in [0.3, 0.4) is 0 Å². The minimum absolute atomic E-state index is 0.0527. The molecule has 0 bridgehead atoms. The van der Waals surface area contributed by atoms with E-state index in [1.807, 2.05) is 19.1 Å². The van der Waals surface area contributed by atoms with Gasteiger partial charge in [0.05, 0.1) is 12.7 Å². The minimum atomic E-state index is -4.03. The van der Waals surface area contributed by atoms with Crippen LogP contribution in [0.5, 0.6) is 5.75 Å². The van der Waals surface area contributed by atoms with Gasteiger partial charge >= 0.3 is 0 Å². The fraction of sp³-hybridized carbons (Fsp3) is 0.444. The highest BCUT2D eigenvalue weighted by Gasteiger charge is 2.41. The Labute approximate surface area is 217 Å². The molecule has 2 aliphatic rings. The van der Waals surface area contributed by atoms with E-state index in [-0.39, 0.29) is 41.9 Å². The van der Waals surface area contributed by atoms with Gasteiger partial charge in [-0.3, -0.25) is 14.4 Å². The zero-order valence-electron chi connectivity index (χ0n) is 21.2. The van der Waals surface area contributed by atoms with Crippen molar-refractivity contribution in [3.05, 3.63) is 59.7 Å². The molecule has 0 saturated heterocycles. The Morgan fingerprint density at radius 3 is 2.54 bits per heavy atom. The molecule has 1 heterocycles. The van der Waals surface area contributed by atoms with Crippen molar-refractivity contribution in [2.45, 2.75) is 69.0 Å². The van der Waals surface area contributed by atoms with Crippen LogP contribution in [0.4, 0.5) is 0 Å². The molecule has 4 rings (SSSR count). The van der Waals surface area contributed by atoms with Crippen molar-refractivity contribution in [1.82, 2.24) is 14.5 Å². The van der Waals surface area contributed by atoms with Gasteiger partial charge in [0.2, 0.25) is 11.8 Å². The van der Waals surface area contributed by atoms with Gasteiger partial charge in [-0.2, -0.15) is 0 Å². The summed E-state index contributed by atoms with van der Waals surface area (Å²) in [5.74, 6) is -0.647. The molecule has 1 aliphatic heterocycles. The van der Waals surface area contributed by atoms with Gasteiger partial charge in [-0.15, -0.1) is 0 Å². The Kier molecular flexibility index (Phi) is 8.16. The third kappa shape index (κ3) is 5.64. The van der Waals surface area contributed by atoms with Crippen LogP contribution >= 0.6 is 0 Å². The third-order valence-corrected chi connectivity index (χ3v) is 8.86. The Bertz CT molecular complexity index is 1270. The molecule has 1 saturated carbocycles. The van der Waals surface area contributed by atoms with Gasteiger partial charge in [-0.1, -0.05) is 44.0 Å². The number of carbonyl (C=O) groups is 3. The number of rotatable bonds is 10. The van der Waals surface area contributed by atoms with Crippen LogP contribution in [0.25, 0.3) is 0 Å². The topological polar surface area (TPSA) is 113 Å². The molecule has 9 nitrogen and oxygen atoms in total. The molecule has 1 unspecified atom stereocenters. The van der Waals surface area contributed by atoms with Crippen molar-refractivity contribution in [3.8, 4) is 5.75 Å². The molecular weight excluding hydrogens is 494 g/mol. The zero-order valence-corrected chi connectivity index (χ0v) is 22.0. The monoisotopic (exact) mass is 527 g/mol. The Morgan fingerprint density at radius 1 is 1.14 bits per heavy atom. The molecule has 1 aliphatic carbocycles. The lowest BCUT2D eigenvalue weighted by Crippen LogP contribution is -2.51. The lowest BCUT2D eigenvalue weighted by atomic mass is 10.1. The number of carbonyl (C=O) groups excluding carboxylic acids is 3. The van der Waals surface area contributed by atoms with E-state index >= 15 is 0 Å². The Hall–Kier alpha value is -3.40. The number of nitrogens with one attached hydrogen (secondary N) is 1. The Morgan fingerprint density at radius 2 is 1.86 bits per heavy atom. The van der Waals surface area contributed by atoms with Crippen LogP contribution in [-0.4, -0.2) is 61.1 Å². The highest BCUT2D eigenvalue weighted by atomic mass is 32.2. The molecule has 3 amide bonds. The van der Waals surface area contributed by atoms with Gasteiger partial charge in [-0.25, -0.2) is 12.7 Å². The lowest BCUT2D eigenvalue weighted by molar-refractivity contribution is -0.141. The molecule has 0 aromatic heterocycles. The molecule has 0 radical (unpaired) electrons. The maximum atomic E-state index is 13.6. The summed E-state index contributed by atoms with van der Waals surface area (Å²) in [5.41, 5.74) is 0.877. The van der Waals surface area contributed by atoms with Gasteiger partial charge in [0, 0.05) is 25.6 Å². The molecule has 2 aromatic carbocycles. The number of sulfonamides is 1. The fourth-order valence-electron chi connectivity index (χ4n) is 5.05. The predicted octanol–water partition coefficient (Wildman–Crippen LogP) is 3.10. The summed E-state index contributed by atoms with van der Waals surface area (Å²) >= 11 is 0. The zero-order chi connectivity index (χ0) is 26.6. The van der Waals surface area contributed by atoms with E-state index in [9.17, 15) is 22.8 Å². The van der Waals surface area contributed by atoms with Crippen LogP contribution in [0, 0.1) is 0 Å². The highest BCUT2D eigenvalue weighted by Crippen LogP contribution is 2.30. The van der Waals surface area contributed by atoms with E-state index in [2.05, 4.69) is 5.32 Å². The molecule has 1 atom stereocenters. The summed E-state index contributed by atoms with van der Waals surface area (Å²) in [7, 11) is -2.47. The highest BCUT2D eigenvalue weighted by molar-refractivity contribution is 7.90. The smallest absolute Gasteiger partial charge is 0.269 e. The first-order valence-electron chi connectivity index (χ1n) is 12.6. The second kappa shape index (κ2) is 11.3. The number of fused-ring (bicyclic) bond motifs is 1. The Balaban J connectivity index is 1.54. The average Bonchev–Trinajstić information content (AvgIpc) is 3.47. The lowest BCUT2D eigenvalue weighted by Gasteiger charge is -2.32. The fourth-order valence-corrected chi connectivity index (χ4v) is 6.62. The van der Waals surface area contributed by atoms with E-state index in [4.69, 9.17) is 4.74 Å². The first-order valence-corrected chi connectivity index (χ1v) is 14.1. The SMILES string of the molecule is CCC(C(=O)NC1CCCC1)N(Cc1cccc(OC)c1)C(=O)CCN1C(=O)c2ccccc2S1(=O)=O. The van der Waals surface area contributed by atoms with E-state index in [1.165, 1.54) is 17.0 Å². The van der Waals surface area contributed by atoms with Crippen LogP contribution in [0.2, 0.25) is 0 Å². The molecule has 0 spiro atoms. The third-order valence-electron chi connectivity index (χ3n) is 7.02. The molecule has 37 heavy (non-hydrogen) atoms. The summed E-state index contributed by atoms with van der Waals surface area (Å²) in [5, 5.41) is 3.08. The number of benzene rings is 2. The van der Waals surface area contributed by atoms with Gasteiger partial charge < -0.3 is 15.0 Å². The summed E-state index contributed by atoms with van der Waals surface area (Å²) in [6.45, 7) is 1.69. The molecule has 10 heteroatoms. The van der Waals surface area contributed by atoms with Crippen molar-refractivity contribution in [2.24, 2.45) is 0 Å². The summed E-state index contributed by atoms with van der Waals surface area (Å²) in [6, 6.07) is 12.6. The van der Waals surface area contributed by atoms with Gasteiger partial charge in [0.1, 0.15) is 16.7 Å². The molecule has 198 valence electrons. The van der Waals surface area contributed by atoms with Crippen molar-refractivity contribution in [2.75, 3.05) is 13.7 Å². The quantitative estimate of drug-likeness (QED) is 0.508. The van der Waals surface area contributed by atoms with Crippen molar-refractivity contribution >= 4 is 27.7 Å². The van der Waals surface area contributed by atoms with Crippen molar-refractivity contribution < 1.29 is 27.5 Å². The van der Waals surface area contributed by atoms with Crippen LogP contribution in [0.1, 0.15) is 61.4 Å². The van der Waals surface area contributed by atoms with E-state index < -0.39 is 27.9 Å². The van der Waals surface area contributed by atoms with Crippen LogP contribution < -0.4 is 10.1 Å². The minimum Gasteiger partial charge on any atom is -0.497 e. The summed E-state index contributed by atoms with van der Waals surface area (Å²) in [6.07, 6.45) is 4.11. The first-order chi connectivity index (χ1) is 17.8. The summed E-state index contributed by atoms with van der Waals surface area (Å²) < 4.78 is 31.9. The molecule has 2 aromatic rings. The number of hydrogen-bond acceptors (Lipinski definition) is 6. The predicted molar refractivity (Wildman–Crippen MR) is 137 cm³/mol. The second-order valence-corrected chi connectivity index (χ2v) is 11.2. The molecule has 1 N–H and O–H groups in total. The van der Waals surface area contributed by atoms with E-state index in [1.54, 1.807) is 31.4 Å². The molecule has 1 fully saturated rings. The number of nitrogens with zero attached hydrogens (tertiary/aromatic N) is 2. The van der Waals surface area contributed by atoms with E-state index in [0.717, 1.165) is 35.6 Å². The number of methoxy groups -OCH3 is 1. The van der Waals surface area contributed by atoms with Crippen LogP contribution in [-0.2, 0) is 26.2 Å². The van der Waals surface area contributed by atoms with Crippen molar-refractivity contribution in [1.29, 1.82) is 0 Å². The van der Waals surface area contributed by atoms with Gasteiger partial charge in [0.25, 0.3) is 15.9 Å². The van der Waals surface area contributed by atoms with Gasteiger partial charge in [0.15, 0.2) is 0 Å². The second-order valence-electron chi connectivity index (χ2n) is 9.42. The van der Waals surface area contributed by atoms with Gasteiger partial charge in [-0.05, 0) is 49.1 Å².